The van der Waals surface area contributed by atoms with E-state index in [0.29, 0.717) is 39.9 Å². The molecular weight excluding hydrogens is 198 g/mol. The molecule has 0 aromatic rings. The molecule has 0 amide bonds. The van der Waals surface area contributed by atoms with Crippen molar-refractivity contribution in [3.63, 3.8) is 0 Å². The van der Waals surface area contributed by atoms with Gasteiger partial charge in [0.25, 0.3) is 0 Å². The smallest absolute Gasteiger partial charge is 0.0982 e. The van der Waals surface area contributed by atoms with Crippen molar-refractivity contribution in [3.8, 4) is 0 Å². The predicted octanol–water partition coefficient (Wildman–Crippen LogP) is 0.351. The van der Waals surface area contributed by atoms with Crippen LogP contribution in [-0.2, 0) is 18.9 Å². The lowest BCUT2D eigenvalue weighted by Crippen LogP contribution is -2.22. The largest absolute Gasteiger partial charge is 0.379 e. The molecule has 1 aliphatic heterocycles. The minimum atomic E-state index is 0.538. The minimum absolute atomic E-state index is 0.538. The Kier molecular flexibility index (Phi) is 8.85. The van der Waals surface area contributed by atoms with Crippen LogP contribution < -0.4 is 5.32 Å². The van der Waals surface area contributed by atoms with Gasteiger partial charge in [-0.3, -0.25) is 5.32 Å². The van der Waals surface area contributed by atoms with Gasteiger partial charge in [0.05, 0.1) is 39.9 Å². The van der Waals surface area contributed by atoms with Crippen molar-refractivity contribution in [2.24, 2.45) is 0 Å². The topological polar surface area (TPSA) is 49.0 Å². The number of rotatable bonds is 0. The first-order valence-electron chi connectivity index (χ1n) is 5.52. The Morgan fingerprint density at radius 3 is 1.53 bits per heavy atom. The second kappa shape index (κ2) is 10.3. The lowest BCUT2D eigenvalue weighted by Gasteiger charge is -2.06. The van der Waals surface area contributed by atoms with Crippen LogP contribution in [0.5, 0.6) is 0 Å². The maximum absolute atomic E-state index is 5.35. The molecule has 1 heterocycles. The van der Waals surface area contributed by atoms with Crippen LogP contribution in [0.3, 0.4) is 0 Å². The quantitative estimate of drug-likeness (QED) is 0.637. The summed E-state index contributed by atoms with van der Waals surface area (Å²) in [4.78, 5) is 0. The van der Waals surface area contributed by atoms with Gasteiger partial charge < -0.3 is 18.9 Å². The van der Waals surface area contributed by atoms with E-state index in [1.54, 1.807) is 0 Å². The molecule has 1 rings (SSSR count). The number of ether oxygens (including phenoxy) is 4. The minimum Gasteiger partial charge on any atom is -0.379 e. The first-order chi connectivity index (χ1) is 7.50. The standard InChI is InChI=1S/C10H21NO4/c1-3-12-7-8-13-4-2-6-15-10-11-9-14-5-1/h11H,1-10H2. The SMILES string of the molecule is C1COCCOCCCOCNCOC1. The van der Waals surface area contributed by atoms with E-state index >= 15 is 0 Å². The van der Waals surface area contributed by atoms with Crippen LogP contribution in [0.15, 0.2) is 0 Å². The molecule has 1 N–H and O–H groups in total. The second-order valence-electron chi connectivity index (χ2n) is 3.29. The Labute approximate surface area is 91.0 Å². The van der Waals surface area contributed by atoms with E-state index in [4.69, 9.17) is 18.9 Å². The van der Waals surface area contributed by atoms with Gasteiger partial charge in [0, 0.05) is 13.2 Å². The molecule has 1 saturated heterocycles. The van der Waals surface area contributed by atoms with Crippen LogP contribution in [0, 0.1) is 0 Å². The lowest BCUT2D eigenvalue weighted by atomic mass is 10.5. The molecule has 5 nitrogen and oxygen atoms in total. The summed E-state index contributed by atoms with van der Waals surface area (Å²) in [6.07, 6.45) is 1.84. The van der Waals surface area contributed by atoms with Crippen LogP contribution in [0.2, 0.25) is 0 Å². The summed E-state index contributed by atoms with van der Waals surface area (Å²) in [6.45, 7) is 5.31. The summed E-state index contributed by atoms with van der Waals surface area (Å²) in [6, 6.07) is 0. The summed E-state index contributed by atoms with van der Waals surface area (Å²) in [5, 5.41) is 3.03. The van der Waals surface area contributed by atoms with E-state index in [2.05, 4.69) is 5.32 Å². The monoisotopic (exact) mass is 219 g/mol. The van der Waals surface area contributed by atoms with E-state index in [0.717, 1.165) is 26.1 Å². The zero-order valence-electron chi connectivity index (χ0n) is 9.20. The molecule has 0 radical (unpaired) electrons. The molecule has 1 aliphatic rings. The van der Waals surface area contributed by atoms with Gasteiger partial charge in [-0.2, -0.15) is 0 Å². The zero-order valence-corrected chi connectivity index (χ0v) is 9.20. The predicted molar refractivity (Wildman–Crippen MR) is 55.6 cm³/mol. The fraction of sp³-hybridized carbons (Fsp3) is 1.00. The summed E-state index contributed by atoms with van der Waals surface area (Å²) >= 11 is 0. The molecule has 1 fully saturated rings. The van der Waals surface area contributed by atoms with E-state index < -0.39 is 0 Å². The normalized spacial score (nSPS) is 24.0. The third kappa shape index (κ3) is 8.77. The van der Waals surface area contributed by atoms with Crippen LogP contribution in [0.4, 0.5) is 0 Å². The fourth-order valence-electron chi connectivity index (χ4n) is 1.18. The van der Waals surface area contributed by atoms with Crippen molar-refractivity contribution in [2.75, 3.05) is 53.1 Å². The van der Waals surface area contributed by atoms with Crippen molar-refractivity contribution < 1.29 is 18.9 Å². The Morgan fingerprint density at radius 1 is 0.533 bits per heavy atom. The van der Waals surface area contributed by atoms with E-state index in [1.807, 2.05) is 0 Å². The molecule has 0 aliphatic carbocycles. The van der Waals surface area contributed by atoms with Gasteiger partial charge in [-0.05, 0) is 12.8 Å². The summed E-state index contributed by atoms with van der Waals surface area (Å²) in [5.41, 5.74) is 0. The van der Waals surface area contributed by atoms with E-state index in [-0.39, 0.29) is 0 Å². The third-order valence-corrected chi connectivity index (χ3v) is 1.93. The maximum atomic E-state index is 5.35. The molecule has 0 spiro atoms. The molecule has 0 bridgehead atoms. The highest BCUT2D eigenvalue weighted by Gasteiger charge is 1.94. The first-order valence-corrected chi connectivity index (χ1v) is 5.52. The third-order valence-electron chi connectivity index (χ3n) is 1.93. The van der Waals surface area contributed by atoms with E-state index in [1.165, 1.54) is 0 Å². The molecule has 0 saturated carbocycles. The van der Waals surface area contributed by atoms with Crippen molar-refractivity contribution in [1.29, 1.82) is 0 Å². The Balaban J connectivity index is 2.01. The molecule has 5 heteroatoms. The average molecular weight is 219 g/mol. The van der Waals surface area contributed by atoms with Gasteiger partial charge in [-0.15, -0.1) is 0 Å². The van der Waals surface area contributed by atoms with Crippen molar-refractivity contribution in [3.05, 3.63) is 0 Å². The van der Waals surface area contributed by atoms with Crippen molar-refractivity contribution >= 4 is 0 Å². The maximum Gasteiger partial charge on any atom is 0.0982 e. The summed E-state index contributed by atoms with van der Waals surface area (Å²) in [5.74, 6) is 0. The van der Waals surface area contributed by atoms with Gasteiger partial charge in [0.1, 0.15) is 0 Å². The second-order valence-corrected chi connectivity index (χ2v) is 3.29. The van der Waals surface area contributed by atoms with Crippen LogP contribution >= 0.6 is 0 Å². The Morgan fingerprint density at radius 2 is 1.00 bits per heavy atom. The van der Waals surface area contributed by atoms with Gasteiger partial charge in [0.2, 0.25) is 0 Å². The Bertz CT molecular complexity index is 76.0. The van der Waals surface area contributed by atoms with Crippen LogP contribution in [-0.4, -0.2) is 53.1 Å². The van der Waals surface area contributed by atoms with Gasteiger partial charge in [0.15, 0.2) is 0 Å². The molecule has 0 aromatic carbocycles. The molecule has 90 valence electrons. The van der Waals surface area contributed by atoms with Gasteiger partial charge >= 0.3 is 0 Å². The summed E-state index contributed by atoms with van der Waals surface area (Å²) < 4.78 is 21.3. The molecular formula is C10H21NO4. The van der Waals surface area contributed by atoms with Gasteiger partial charge in [-0.25, -0.2) is 0 Å². The first kappa shape index (κ1) is 12.9. The van der Waals surface area contributed by atoms with Crippen molar-refractivity contribution in [1.82, 2.24) is 5.32 Å². The Hall–Kier alpha value is -0.200. The average Bonchev–Trinajstić information content (AvgIpc) is 2.27. The summed E-state index contributed by atoms with van der Waals surface area (Å²) in [7, 11) is 0. The number of hydrogen-bond acceptors (Lipinski definition) is 5. The fourth-order valence-corrected chi connectivity index (χ4v) is 1.18. The van der Waals surface area contributed by atoms with E-state index in [9.17, 15) is 0 Å². The van der Waals surface area contributed by atoms with Crippen LogP contribution in [0.25, 0.3) is 0 Å². The molecule has 0 aromatic heterocycles. The lowest BCUT2D eigenvalue weighted by molar-refractivity contribution is 0.0335. The highest BCUT2D eigenvalue weighted by molar-refractivity contribution is 4.39. The molecule has 0 unspecified atom stereocenters. The highest BCUT2D eigenvalue weighted by Crippen LogP contribution is 1.89. The number of nitrogens with one attached hydrogen (secondary N) is 1. The van der Waals surface area contributed by atoms with Crippen LogP contribution in [0.1, 0.15) is 12.8 Å². The highest BCUT2D eigenvalue weighted by atomic mass is 16.5. The molecule has 15 heavy (non-hydrogen) atoms. The van der Waals surface area contributed by atoms with Crippen molar-refractivity contribution in [2.45, 2.75) is 12.8 Å². The molecule has 0 atom stereocenters. The number of hydrogen-bond donors (Lipinski definition) is 1. The zero-order chi connectivity index (χ0) is 10.6. The van der Waals surface area contributed by atoms with Gasteiger partial charge in [-0.1, -0.05) is 0 Å².